The van der Waals surface area contributed by atoms with Crippen molar-refractivity contribution in [1.29, 1.82) is 0 Å². The summed E-state index contributed by atoms with van der Waals surface area (Å²) in [6.07, 6.45) is 1.13. The van der Waals surface area contributed by atoms with Crippen molar-refractivity contribution in [1.82, 2.24) is 10.2 Å². The van der Waals surface area contributed by atoms with Gasteiger partial charge in [-0.2, -0.15) is 0 Å². The quantitative estimate of drug-likeness (QED) is 0.829. The highest BCUT2D eigenvalue weighted by molar-refractivity contribution is 7.80. The lowest BCUT2D eigenvalue weighted by atomic mass is 10.0. The number of nitrogens with one attached hydrogen (secondary N) is 1. The largest absolute Gasteiger partial charge is 0.362 e. The van der Waals surface area contributed by atoms with Crippen LogP contribution in [0.1, 0.15) is 37.3 Å². The van der Waals surface area contributed by atoms with Gasteiger partial charge in [0.25, 0.3) is 0 Å². The molecule has 0 fully saturated rings. The van der Waals surface area contributed by atoms with Gasteiger partial charge >= 0.3 is 0 Å². The van der Waals surface area contributed by atoms with E-state index in [-0.39, 0.29) is 0 Å². The second kappa shape index (κ2) is 5.36. The van der Waals surface area contributed by atoms with Crippen LogP contribution in [0, 0.1) is 5.92 Å². The van der Waals surface area contributed by atoms with Gasteiger partial charge < -0.3 is 10.2 Å². The zero-order valence-corrected chi connectivity index (χ0v) is 12.3. The summed E-state index contributed by atoms with van der Waals surface area (Å²) < 4.78 is 0. The van der Waals surface area contributed by atoms with Crippen molar-refractivity contribution in [2.24, 2.45) is 5.92 Å². The van der Waals surface area contributed by atoms with E-state index in [9.17, 15) is 0 Å². The molecular weight excluding hydrogens is 248 g/mol. The molecule has 1 N–H and O–H groups in total. The summed E-state index contributed by atoms with van der Waals surface area (Å²) in [7, 11) is 0. The lowest BCUT2D eigenvalue weighted by Crippen LogP contribution is -2.45. The van der Waals surface area contributed by atoms with Crippen LogP contribution >= 0.6 is 23.6 Å². The molecule has 2 nitrogen and oxygen atoms in total. The van der Waals surface area contributed by atoms with Gasteiger partial charge in [0.15, 0.2) is 5.11 Å². The normalized spacial score (nSPS) is 19.3. The number of thiophene rings is 1. The molecule has 17 heavy (non-hydrogen) atoms. The molecule has 4 heteroatoms. The highest BCUT2D eigenvalue weighted by Crippen LogP contribution is 2.32. The molecule has 0 aliphatic carbocycles. The van der Waals surface area contributed by atoms with E-state index in [1.165, 1.54) is 10.4 Å². The molecular formula is C13H20N2S2. The lowest BCUT2D eigenvalue weighted by molar-refractivity contribution is 0.316. The first kappa shape index (κ1) is 12.8. The van der Waals surface area contributed by atoms with Crippen molar-refractivity contribution in [2.75, 3.05) is 13.1 Å². The molecule has 0 amide bonds. The van der Waals surface area contributed by atoms with E-state index < -0.39 is 0 Å². The summed E-state index contributed by atoms with van der Waals surface area (Å²) in [5.74, 6) is 0.629. The maximum absolute atomic E-state index is 5.49. The predicted octanol–water partition coefficient (Wildman–Crippen LogP) is 3.20. The summed E-state index contributed by atoms with van der Waals surface area (Å²) in [5, 5.41) is 6.46. The highest BCUT2D eigenvalue weighted by Gasteiger charge is 2.26. The van der Waals surface area contributed by atoms with Crippen molar-refractivity contribution in [2.45, 2.75) is 33.2 Å². The lowest BCUT2D eigenvalue weighted by Gasteiger charge is -2.36. The number of rotatable bonds is 2. The number of fused-ring (bicyclic) bond motifs is 1. The molecule has 94 valence electrons. The van der Waals surface area contributed by atoms with Gasteiger partial charge in [-0.15, -0.1) is 11.3 Å². The monoisotopic (exact) mass is 268 g/mol. The van der Waals surface area contributed by atoms with Crippen LogP contribution in [0.2, 0.25) is 0 Å². The number of hydrogen-bond acceptors (Lipinski definition) is 2. The van der Waals surface area contributed by atoms with Crippen molar-refractivity contribution in [3.05, 3.63) is 21.9 Å². The number of thiocarbonyl (C=S) groups is 1. The number of nitrogens with zero attached hydrogens (tertiary/aromatic N) is 1. The summed E-state index contributed by atoms with van der Waals surface area (Å²) >= 11 is 7.36. The first-order valence-corrected chi connectivity index (χ1v) is 7.49. The van der Waals surface area contributed by atoms with Crippen molar-refractivity contribution in [3.8, 4) is 0 Å². The molecule has 1 aliphatic rings. The van der Waals surface area contributed by atoms with Crippen LogP contribution in [0.3, 0.4) is 0 Å². The first-order chi connectivity index (χ1) is 8.09. The molecule has 2 rings (SSSR count). The van der Waals surface area contributed by atoms with Gasteiger partial charge in [-0.25, -0.2) is 0 Å². The van der Waals surface area contributed by atoms with Gasteiger partial charge in [0.05, 0.1) is 6.04 Å². The molecule has 0 saturated heterocycles. The topological polar surface area (TPSA) is 15.3 Å². The van der Waals surface area contributed by atoms with Gasteiger partial charge in [-0.05, 0) is 48.5 Å². The van der Waals surface area contributed by atoms with Gasteiger partial charge in [0.1, 0.15) is 0 Å². The van der Waals surface area contributed by atoms with E-state index in [4.69, 9.17) is 12.2 Å². The molecule has 0 aromatic carbocycles. The fourth-order valence-corrected chi connectivity index (χ4v) is 3.48. The highest BCUT2D eigenvalue weighted by atomic mass is 32.1. The molecule has 0 radical (unpaired) electrons. The maximum atomic E-state index is 5.49. The maximum Gasteiger partial charge on any atom is 0.169 e. The Kier molecular flexibility index (Phi) is 4.05. The van der Waals surface area contributed by atoms with E-state index in [0.717, 1.165) is 24.6 Å². The van der Waals surface area contributed by atoms with Crippen LogP contribution in [0.5, 0.6) is 0 Å². The van der Waals surface area contributed by atoms with Gasteiger partial charge in [-0.3, -0.25) is 0 Å². The van der Waals surface area contributed by atoms with Crippen LogP contribution in [0.4, 0.5) is 0 Å². The Morgan fingerprint density at radius 2 is 2.41 bits per heavy atom. The Hall–Kier alpha value is -0.610. The van der Waals surface area contributed by atoms with E-state index in [0.29, 0.717) is 12.0 Å². The Labute approximate surface area is 113 Å². The van der Waals surface area contributed by atoms with Crippen LogP contribution in [0.15, 0.2) is 11.4 Å². The first-order valence-electron chi connectivity index (χ1n) is 6.20. The van der Waals surface area contributed by atoms with Crippen LogP contribution in [-0.4, -0.2) is 23.1 Å². The average molecular weight is 268 g/mol. The average Bonchev–Trinajstić information content (AvgIpc) is 2.75. The second-order valence-electron chi connectivity index (χ2n) is 5.00. The Morgan fingerprint density at radius 1 is 1.65 bits per heavy atom. The van der Waals surface area contributed by atoms with Crippen molar-refractivity contribution >= 4 is 28.7 Å². The zero-order valence-electron chi connectivity index (χ0n) is 10.7. The molecule has 1 aromatic rings. The SMILES string of the molecule is CC(C)CNC(=S)N1CCc2sccc2C1C. The minimum absolute atomic E-state index is 0.414. The summed E-state index contributed by atoms with van der Waals surface area (Å²) in [6.45, 7) is 8.64. The van der Waals surface area contributed by atoms with Crippen LogP contribution in [0.25, 0.3) is 0 Å². The third-order valence-corrected chi connectivity index (χ3v) is 4.57. The third-order valence-electron chi connectivity index (χ3n) is 3.20. The van der Waals surface area contributed by atoms with Crippen LogP contribution in [-0.2, 0) is 6.42 Å². The Morgan fingerprint density at radius 3 is 3.12 bits per heavy atom. The fraction of sp³-hybridized carbons (Fsp3) is 0.615. The van der Waals surface area contributed by atoms with Crippen molar-refractivity contribution in [3.63, 3.8) is 0 Å². The van der Waals surface area contributed by atoms with E-state index in [1.54, 1.807) is 0 Å². The summed E-state index contributed by atoms with van der Waals surface area (Å²) in [6, 6.07) is 2.65. The van der Waals surface area contributed by atoms with Gasteiger partial charge in [0, 0.05) is 18.0 Å². The Bertz CT molecular complexity index is 398. The minimum atomic E-state index is 0.414. The minimum Gasteiger partial charge on any atom is -0.362 e. The second-order valence-corrected chi connectivity index (χ2v) is 6.39. The fourth-order valence-electron chi connectivity index (χ4n) is 2.18. The standard InChI is InChI=1S/C13H20N2S2/c1-9(2)8-14-13(16)15-6-4-12-11(10(15)3)5-7-17-12/h5,7,9-10H,4,6,8H2,1-3H3,(H,14,16). The van der Waals surface area contributed by atoms with Crippen LogP contribution < -0.4 is 5.32 Å². The number of hydrogen-bond donors (Lipinski definition) is 1. The summed E-state index contributed by atoms with van der Waals surface area (Å²) in [5.41, 5.74) is 1.45. The molecule has 1 atom stereocenters. The smallest absolute Gasteiger partial charge is 0.169 e. The predicted molar refractivity (Wildman–Crippen MR) is 78.6 cm³/mol. The van der Waals surface area contributed by atoms with Gasteiger partial charge in [0.2, 0.25) is 0 Å². The van der Waals surface area contributed by atoms with E-state index in [1.807, 2.05) is 11.3 Å². The van der Waals surface area contributed by atoms with E-state index in [2.05, 4.69) is 42.4 Å². The van der Waals surface area contributed by atoms with E-state index >= 15 is 0 Å². The third kappa shape index (κ3) is 2.80. The molecule has 0 saturated carbocycles. The Balaban J connectivity index is 2.02. The molecule has 1 unspecified atom stereocenters. The molecule has 1 aromatic heterocycles. The van der Waals surface area contributed by atoms with Crippen molar-refractivity contribution < 1.29 is 0 Å². The molecule has 1 aliphatic heterocycles. The molecule has 0 bridgehead atoms. The zero-order chi connectivity index (χ0) is 12.4. The molecule has 2 heterocycles. The molecule has 0 spiro atoms. The van der Waals surface area contributed by atoms with Gasteiger partial charge in [-0.1, -0.05) is 13.8 Å². The summed E-state index contributed by atoms with van der Waals surface area (Å²) in [4.78, 5) is 3.84.